The molecule has 0 radical (unpaired) electrons. The van der Waals surface area contributed by atoms with E-state index in [1.165, 1.54) is 19.3 Å². The second-order valence-electron chi connectivity index (χ2n) is 3.93. The fourth-order valence-corrected chi connectivity index (χ4v) is 1.70. The van der Waals surface area contributed by atoms with Crippen LogP contribution in [0.25, 0.3) is 0 Å². The molecule has 0 aliphatic rings. The first-order valence-corrected chi connectivity index (χ1v) is 5.67. The highest BCUT2D eigenvalue weighted by Gasteiger charge is 2.11. The van der Waals surface area contributed by atoms with Crippen LogP contribution in [-0.4, -0.2) is 14.8 Å². The van der Waals surface area contributed by atoms with Crippen LogP contribution in [0.1, 0.15) is 58.2 Å². The smallest absolute Gasteiger partial charge is 0.135 e. The van der Waals surface area contributed by atoms with E-state index in [0.29, 0.717) is 5.92 Å². The van der Waals surface area contributed by atoms with Crippen LogP contribution in [0.15, 0.2) is 6.33 Å². The summed E-state index contributed by atoms with van der Waals surface area (Å²) >= 11 is 0. The van der Waals surface area contributed by atoms with Gasteiger partial charge in [-0.25, -0.2) is 0 Å². The summed E-state index contributed by atoms with van der Waals surface area (Å²) in [5.74, 6) is 1.70. The van der Waals surface area contributed by atoms with E-state index >= 15 is 0 Å². The minimum Gasteiger partial charge on any atom is -0.317 e. The standard InChI is InChI=1S/C11H21N3/c1-4-6-7-10(3)11-13-12-9-14(11)8-5-2/h9-10H,4-8H2,1-3H3. The lowest BCUT2D eigenvalue weighted by molar-refractivity contribution is 0.545. The maximum atomic E-state index is 4.20. The van der Waals surface area contributed by atoms with Gasteiger partial charge >= 0.3 is 0 Å². The number of rotatable bonds is 6. The van der Waals surface area contributed by atoms with Gasteiger partial charge in [0.05, 0.1) is 0 Å². The molecule has 0 amide bonds. The van der Waals surface area contributed by atoms with E-state index < -0.39 is 0 Å². The van der Waals surface area contributed by atoms with E-state index in [0.717, 1.165) is 18.8 Å². The lowest BCUT2D eigenvalue weighted by Gasteiger charge is -2.11. The molecule has 3 heteroatoms. The highest BCUT2D eigenvalue weighted by atomic mass is 15.3. The average molecular weight is 195 g/mol. The highest BCUT2D eigenvalue weighted by molar-refractivity contribution is 4.94. The molecule has 1 atom stereocenters. The summed E-state index contributed by atoms with van der Waals surface area (Å²) < 4.78 is 2.18. The van der Waals surface area contributed by atoms with Crippen LogP contribution in [0, 0.1) is 0 Å². The first-order valence-electron chi connectivity index (χ1n) is 5.67. The summed E-state index contributed by atoms with van der Waals surface area (Å²) in [6, 6.07) is 0. The Morgan fingerprint density at radius 2 is 2.14 bits per heavy atom. The Balaban J connectivity index is 2.58. The second-order valence-corrected chi connectivity index (χ2v) is 3.93. The lowest BCUT2D eigenvalue weighted by Crippen LogP contribution is -2.06. The molecule has 0 N–H and O–H groups in total. The molecular weight excluding hydrogens is 174 g/mol. The Labute approximate surface area is 86.5 Å². The number of hydrogen-bond acceptors (Lipinski definition) is 2. The number of hydrogen-bond donors (Lipinski definition) is 0. The number of aromatic nitrogens is 3. The largest absolute Gasteiger partial charge is 0.317 e. The molecule has 0 spiro atoms. The van der Waals surface area contributed by atoms with Crippen molar-refractivity contribution in [1.29, 1.82) is 0 Å². The van der Waals surface area contributed by atoms with Gasteiger partial charge in [-0.1, -0.05) is 33.6 Å². The normalized spacial score (nSPS) is 13.1. The topological polar surface area (TPSA) is 30.7 Å². The molecule has 0 aliphatic heterocycles. The summed E-state index contributed by atoms with van der Waals surface area (Å²) in [5, 5.41) is 8.18. The third-order valence-electron chi connectivity index (χ3n) is 2.54. The maximum absolute atomic E-state index is 4.20. The molecule has 1 unspecified atom stereocenters. The zero-order valence-electron chi connectivity index (χ0n) is 9.53. The van der Waals surface area contributed by atoms with Crippen LogP contribution in [0.2, 0.25) is 0 Å². The molecule has 0 bridgehead atoms. The van der Waals surface area contributed by atoms with Gasteiger partial charge in [0.15, 0.2) is 0 Å². The molecule has 3 nitrogen and oxygen atoms in total. The molecule has 1 aromatic rings. The van der Waals surface area contributed by atoms with Crippen LogP contribution in [-0.2, 0) is 6.54 Å². The summed E-state index contributed by atoms with van der Waals surface area (Å²) in [4.78, 5) is 0. The Morgan fingerprint density at radius 3 is 2.79 bits per heavy atom. The average Bonchev–Trinajstić information content (AvgIpc) is 2.63. The van der Waals surface area contributed by atoms with Crippen molar-refractivity contribution >= 4 is 0 Å². The van der Waals surface area contributed by atoms with Crippen molar-refractivity contribution in [3.8, 4) is 0 Å². The monoisotopic (exact) mass is 195 g/mol. The van der Waals surface area contributed by atoms with Gasteiger partial charge in [-0.3, -0.25) is 0 Å². The lowest BCUT2D eigenvalue weighted by atomic mass is 10.0. The zero-order chi connectivity index (χ0) is 10.4. The predicted octanol–water partition coefficient (Wildman–Crippen LogP) is 2.98. The molecule has 1 rings (SSSR count). The van der Waals surface area contributed by atoms with Gasteiger partial charge in [-0.15, -0.1) is 10.2 Å². The molecule has 80 valence electrons. The van der Waals surface area contributed by atoms with Gasteiger partial charge in [0.25, 0.3) is 0 Å². The molecule has 0 saturated heterocycles. The van der Waals surface area contributed by atoms with Crippen molar-refractivity contribution in [2.24, 2.45) is 0 Å². The van der Waals surface area contributed by atoms with Gasteiger partial charge < -0.3 is 4.57 Å². The van der Waals surface area contributed by atoms with Crippen molar-refractivity contribution < 1.29 is 0 Å². The van der Waals surface area contributed by atoms with E-state index in [4.69, 9.17) is 0 Å². The molecule has 0 aromatic carbocycles. The summed E-state index contributed by atoms with van der Waals surface area (Å²) in [6.45, 7) is 7.69. The Bertz CT molecular complexity index is 255. The van der Waals surface area contributed by atoms with Gasteiger partial charge in [0.1, 0.15) is 12.2 Å². The Kier molecular flexibility index (Phi) is 4.63. The highest BCUT2D eigenvalue weighted by Crippen LogP contribution is 2.19. The molecule has 1 aromatic heterocycles. The van der Waals surface area contributed by atoms with E-state index in [1.54, 1.807) is 0 Å². The Morgan fingerprint density at radius 1 is 1.36 bits per heavy atom. The number of nitrogens with zero attached hydrogens (tertiary/aromatic N) is 3. The van der Waals surface area contributed by atoms with Gasteiger partial charge in [-0.05, 0) is 12.8 Å². The fourth-order valence-electron chi connectivity index (χ4n) is 1.70. The molecular formula is C11H21N3. The number of unbranched alkanes of at least 4 members (excludes halogenated alkanes) is 1. The molecule has 0 fully saturated rings. The third kappa shape index (κ3) is 2.82. The van der Waals surface area contributed by atoms with E-state index in [1.807, 2.05) is 6.33 Å². The minimum atomic E-state index is 0.545. The van der Waals surface area contributed by atoms with Crippen molar-refractivity contribution in [2.75, 3.05) is 0 Å². The van der Waals surface area contributed by atoms with E-state index in [2.05, 4.69) is 35.5 Å². The van der Waals surface area contributed by atoms with Crippen LogP contribution < -0.4 is 0 Å². The summed E-state index contributed by atoms with van der Waals surface area (Å²) in [7, 11) is 0. The second kappa shape index (κ2) is 5.78. The predicted molar refractivity (Wildman–Crippen MR) is 58.3 cm³/mol. The molecule has 0 aliphatic carbocycles. The maximum Gasteiger partial charge on any atom is 0.135 e. The van der Waals surface area contributed by atoms with Crippen LogP contribution in [0.3, 0.4) is 0 Å². The fraction of sp³-hybridized carbons (Fsp3) is 0.818. The summed E-state index contributed by atoms with van der Waals surface area (Å²) in [6.07, 6.45) is 6.75. The summed E-state index contributed by atoms with van der Waals surface area (Å²) in [5.41, 5.74) is 0. The molecule has 1 heterocycles. The first kappa shape index (κ1) is 11.2. The van der Waals surface area contributed by atoms with Crippen molar-refractivity contribution in [3.05, 3.63) is 12.2 Å². The van der Waals surface area contributed by atoms with Crippen LogP contribution in [0.4, 0.5) is 0 Å². The van der Waals surface area contributed by atoms with Crippen molar-refractivity contribution in [2.45, 2.75) is 58.9 Å². The molecule has 0 saturated carbocycles. The van der Waals surface area contributed by atoms with Gasteiger partial charge in [0, 0.05) is 12.5 Å². The van der Waals surface area contributed by atoms with E-state index in [9.17, 15) is 0 Å². The third-order valence-corrected chi connectivity index (χ3v) is 2.54. The quantitative estimate of drug-likeness (QED) is 0.698. The Hall–Kier alpha value is -0.860. The minimum absolute atomic E-state index is 0.545. The number of aryl methyl sites for hydroxylation is 1. The van der Waals surface area contributed by atoms with Crippen LogP contribution >= 0.6 is 0 Å². The van der Waals surface area contributed by atoms with E-state index in [-0.39, 0.29) is 0 Å². The van der Waals surface area contributed by atoms with Crippen LogP contribution in [0.5, 0.6) is 0 Å². The SMILES string of the molecule is CCCCC(C)c1nncn1CCC. The van der Waals surface area contributed by atoms with Crippen molar-refractivity contribution in [1.82, 2.24) is 14.8 Å². The first-order chi connectivity index (χ1) is 6.79. The van der Waals surface area contributed by atoms with Crippen molar-refractivity contribution in [3.63, 3.8) is 0 Å². The van der Waals surface area contributed by atoms with Gasteiger partial charge in [0.2, 0.25) is 0 Å². The molecule has 14 heavy (non-hydrogen) atoms. The van der Waals surface area contributed by atoms with Gasteiger partial charge in [-0.2, -0.15) is 0 Å². The zero-order valence-corrected chi connectivity index (χ0v) is 9.53.